The number of carboxylic acids is 1. The second-order valence-corrected chi connectivity index (χ2v) is 26.2. The van der Waals surface area contributed by atoms with Crippen LogP contribution < -0.4 is 4.74 Å². The number of rotatable bonds is 24. The summed E-state index contributed by atoms with van der Waals surface area (Å²) >= 11 is 14.6. The van der Waals surface area contributed by atoms with Crippen molar-refractivity contribution in [2.45, 2.75) is 131 Å². The zero-order chi connectivity index (χ0) is 46.9. The molecule has 0 bridgehead atoms. The Morgan fingerprint density at radius 1 is 0.471 bits per heavy atom. The first-order chi connectivity index (χ1) is 33.3. The zero-order valence-electron chi connectivity index (χ0n) is 39.2. The number of carbonyl (C=O) groups is 1. The number of hydrogen-bond donors (Lipinski definition) is 2. The van der Waals surface area contributed by atoms with Gasteiger partial charge in [0.2, 0.25) is 0 Å². The van der Waals surface area contributed by atoms with Crippen molar-refractivity contribution in [3.05, 3.63) is 76.7 Å². The molecule has 0 unspecified atom stereocenters. The van der Waals surface area contributed by atoms with Gasteiger partial charge in [0, 0.05) is 61.9 Å². The van der Waals surface area contributed by atoms with Crippen LogP contribution in [-0.4, -0.2) is 32.1 Å². The first-order valence-corrected chi connectivity index (χ1v) is 30.9. The molecular formula is C54H58N2O4S8. The van der Waals surface area contributed by atoms with Crippen LogP contribution in [0.1, 0.15) is 126 Å². The minimum Gasteiger partial charge on any atom is -0.477 e. The van der Waals surface area contributed by atoms with Crippen LogP contribution in [-0.2, 0) is 25.9 Å². The number of aromatic nitrogens is 2. The highest BCUT2D eigenvalue weighted by Crippen LogP contribution is 2.53. The third-order valence-corrected chi connectivity index (χ3v) is 23.1. The predicted molar refractivity (Wildman–Crippen MR) is 303 cm³/mol. The maximum absolute atomic E-state index is 11.8. The summed E-state index contributed by atoms with van der Waals surface area (Å²) in [6.45, 7) is 10.9. The van der Waals surface area contributed by atoms with Crippen LogP contribution >= 0.6 is 90.7 Å². The van der Waals surface area contributed by atoms with Crippen molar-refractivity contribution < 1.29 is 19.7 Å². The van der Waals surface area contributed by atoms with Gasteiger partial charge in [-0.25, -0.2) is 4.79 Å². The first-order valence-electron chi connectivity index (χ1n) is 24.4. The zero-order valence-corrected chi connectivity index (χ0v) is 45.7. The van der Waals surface area contributed by atoms with E-state index in [0.717, 1.165) is 53.6 Å². The number of unbranched alkanes of at least 4 members (excludes halogenated alkanes) is 8. The van der Waals surface area contributed by atoms with Crippen molar-refractivity contribution in [1.29, 1.82) is 0 Å². The fraction of sp³-hybridized carbons (Fsp3) is 0.389. The van der Waals surface area contributed by atoms with Crippen LogP contribution in [0.25, 0.3) is 89.6 Å². The number of hydrogen-bond acceptors (Lipinski definition) is 11. The molecule has 0 aliphatic carbocycles. The van der Waals surface area contributed by atoms with Crippen LogP contribution in [0, 0.1) is 0 Å². The van der Waals surface area contributed by atoms with E-state index < -0.39 is 5.97 Å². The number of aliphatic hydroxyl groups is 1. The Kier molecular flexibility index (Phi) is 15.1. The summed E-state index contributed by atoms with van der Waals surface area (Å²) in [4.78, 5) is 25.2. The van der Waals surface area contributed by atoms with Crippen molar-refractivity contribution in [2.75, 3.05) is 6.79 Å². The maximum atomic E-state index is 11.8. The van der Waals surface area contributed by atoms with Crippen LogP contribution in [0.2, 0.25) is 0 Å². The van der Waals surface area contributed by atoms with Gasteiger partial charge in [-0.15, -0.1) is 79.4 Å². The molecule has 356 valence electrons. The first kappa shape index (κ1) is 48.1. The van der Waals surface area contributed by atoms with Gasteiger partial charge in [0.25, 0.3) is 0 Å². The number of ether oxygens (including phenoxy) is 1. The lowest BCUT2D eigenvalue weighted by atomic mass is 10.0. The molecule has 0 spiro atoms. The molecule has 0 saturated heterocycles. The lowest BCUT2D eigenvalue weighted by Crippen LogP contribution is -1.96. The molecule has 0 aliphatic heterocycles. The van der Waals surface area contributed by atoms with Crippen molar-refractivity contribution in [3.8, 4) is 53.8 Å². The number of aromatic carboxylic acids is 1. The molecule has 68 heavy (non-hydrogen) atoms. The molecule has 0 radical (unpaired) electrons. The van der Waals surface area contributed by atoms with E-state index in [2.05, 4.69) is 79.3 Å². The summed E-state index contributed by atoms with van der Waals surface area (Å²) in [5.41, 5.74) is 8.29. The van der Waals surface area contributed by atoms with Crippen LogP contribution in [0.5, 0.6) is 5.06 Å². The van der Waals surface area contributed by atoms with E-state index in [1.54, 1.807) is 17.4 Å². The predicted octanol–water partition coefficient (Wildman–Crippen LogP) is 19.6. The molecule has 0 aromatic carbocycles. The summed E-state index contributed by atoms with van der Waals surface area (Å²) in [5.74, 6) is -0.861. The molecule has 0 atom stereocenters. The van der Waals surface area contributed by atoms with Gasteiger partial charge in [0.1, 0.15) is 4.88 Å². The van der Waals surface area contributed by atoms with Crippen molar-refractivity contribution in [2.24, 2.45) is 0 Å². The van der Waals surface area contributed by atoms with Gasteiger partial charge in [0.15, 0.2) is 11.9 Å². The lowest BCUT2D eigenvalue weighted by Gasteiger charge is -2.05. The molecule has 0 fully saturated rings. The van der Waals surface area contributed by atoms with Crippen LogP contribution in [0.4, 0.5) is 0 Å². The van der Waals surface area contributed by atoms with Crippen molar-refractivity contribution in [3.63, 3.8) is 0 Å². The van der Waals surface area contributed by atoms with Crippen LogP contribution in [0.3, 0.4) is 0 Å². The lowest BCUT2D eigenvalue weighted by molar-refractivity contribution is 0.0702. The Bertz CT molecular complexity index is 3330. The summed E-state index contributed by atoms with van der Waals surface area (Å²) in [6, 6.07) is 22.5. The SMILES string of the molecule is CCCCCCn1c2cc(-c3ccc(OCO)s3)sc2c2sc(-c3cc(CCCC)c(-c4sc(-c5cc6c(s5)c5sc(-c7ccc(C(=O)O)s7)cc5n6CCCCCC)cc4CCCC)s3)cc21. The fourth-order valence-electron chi connectivity index (χ4n) is 9.37. The molecule has 2 N–H and O–H groups in total. The largest absolute Gasteiger partial charge is 0.477 e. The van der Waals surface area contributed by atoms with E-state index >= 15 is 0 Å². The molecule has 10 aromatic rings. The molecule has 0 saturated carbocycles. The molecule has 14 heteroatoms. The van der Waals surface area contributed by atoms with Crippen molar-refractivity contribution in [1.82, 2.24) is 9.13 Å². The Balaban J connectivity index is 1.04. The molecule has 0 amide bonds. The van der Waals surface area contributed by atoms with E-state index in [1.165, 1.54) is 167 Å². The third kappa shape index (κ3) is 9.51. The molecule has 0 aliphatic rings. The minimum absolute atomic E-state index is 0.309. The Hall–Kier alpha value is -3.57. The summed E-state index contributed by atoms with van der Waals surface area (Å²) in [5, 5.41) is 19.8. The van der Waals surface area contributed by atoms with Gasteiger partial charge in [0.05, 0.1) is 40.9 Å². The fourth-order valence-corrected chi connectivity index (χ4v) is 18.9. The smallest absolute Gasteiger partial charge is 0.345 e. The highest BCUT2D eigenvalue weighted by atomic mass is 32.1. The molecular weight excluding hydrogens is 997 g/mol. The number of aliphatic hydroxyl groups excluding tert-OH is 1. The molecule has 10 rings (SSSR count). The number of thiophene rings is 8. The maximum Gasteiger partial charge on any atom is 0.345 e. The average molecular weight is 1060 g/mol. The van der Waals surface area contributed by atoms with Gasteiger partial charge in [-0.2, -0.15) is 0 Å². The third-order valence-electron chi connectivity index (χ3n) is 12.9. The normalized spacial score (nSPS) is 12.1. The number of fused-ring (bicyclic) bond motifs is 6. The minimum atomic E-state index is -0.861. The van der Waals surface area contributed by atoms with E-state index in [9.17, 15) is 15.0 Å². The highest BCUT2D eigenvalue weighted by molar-refractivity contribution is 7.35. The van der Waals surface area contributed by atoms with Gasteiger partial charge >= 0.3 is 5.97 Å². The average Bonchev–Trinajstić information content (AvgIpc) is 4.17. The second kappa shape index (κ2) is 21.4. The number of nitrogens with zero attached hydrogens (tertiary/aromatic N) is 2. The quantitative estimate of drug-likeness (QED) is 0.0467. The van der Waals surface area contributed by atoms with E-state index in [1.807, 2.05) is 80.2 Å². The summed E-state index contributed by atoms with van der Waals surface area (Å²) in [6.07, 6.45) is 16.6. The monoisotopic (exact) mass is 1050 g/mol. The number of carboxylic acid groups (broad SMARTS) is 1. The van der Waals surface area contributed by atoms with Gasteiger partial charge < -0.3 is 24.1 Å². The topological polar surface area (TPSA) is 76.6 Å². The summed E-state index contributed by atoms with van der Waals surface area (Å²) < 4.78 is 16.0. The molecule has 6 nitrogen and oxygen atoms in total. The van der Waals surface area contributed by atoms with E-state index in [-0.39, 0.29) is 6.79 Å². The van der Waals surface area contributed by atoms with Crippen molar-refractivity contribution >= 4 is 138 Å². The van der Waals surface area contributed by atoms with Gasteiger partial charge in [-0.1, -0.05) is 90.4 Å². The van der Waals surface area contributed by atoms with Crippen LogP contribution in [0.15, 0.2) is 60.7 Å². The molecule has 10 aromatic heterocycles. The Labute approximate surface area is 430 Å². The molecule has 10 heterocycles. The number of aryl methyl sites for hydroxylation is 4. The van der Waals surface area contributed by atoms with E-state index in [4.69, 9.17) is 4.74 Å². The van der Waals surface area contributed by atoms with E-state index in [0.29, 0.717) is 4.88 Å². The standard InChI is InChI=1S/C54H58N2O4S8/c1-5-9-13-15-23-55-34-27-43(38-19-20-40(61-38)54(58)59)65-50(34)52-36(55)29-45(67-52)41-25-32(17-11-7-3)48(63-41)49-33(18-12-8-4)26-42(64-49)46-30-37-53(68-46)51-35(56(37)24-16-14-10-6-2)28-44(66-51)39-21-22-47(62-39)60-31-57/h19-22,25-30,57H,5-18,23-24,31H2,1-4H3,(H,58,59). The second-order valence-electron chi connectivity index (χ2n) is 17.7. The highest BCUT2D eigenvalue weighted by Gasteiger charge is 2.25. The Morgan fingerprint density at radius 3 is 1.29 bits per heavy atom. The van der Waals surface area contributed by atoms with Gasteiger partial charge in [-0.05, 0) is 110 Å². The Morgan fingerprint density at radius 2 is 0.882 bits per heavy atom. The van der Waals surface area contributed by atoms with Gasteiger partial charge in [-0.3, -0.25) is 0 Å². The summed E-state index contributed by atoms with van der Waals surface area (Å²) in [7, 11) is 0.